The first-order chi connectivity index (χ1) is 12.1. The van der Waals surface area contributed by atoms with Crippen molar-refractivity contribution < 1.29 is 14.6 Å². The van der Waals surface area contributed by atoms with E-state index in [1.807, 2.05) is 31.2 Å². The van der Waals surface area contributed by atoms with E-state index in [9.17, 15) is 5.11 Å². The summed E-state index contributed by atoms with van der Waals surface area (Å²) in [6.07, 6.45) is 3.73. The summed E-state index contributed by atoms with van der Waals surface area (Å²) in [7, 11) is 1.66. The van der Waals surface area contributed by atoms with Crippen LogP contribution in [0.2, 0.25) is 0 Å². The van der Waals surface area contributed by atoms with Gasteiger partial charge in [-0.2, -0.15) is 0 Å². The fourth-order valence-electron chi connectivity index (χ4n) is 2.61. The standard InChI is InChI=1S/C19H31N3O3.HI/c1-3-25-13-5-12-20-18(22-15-19(23)10-4-11-19)21-14-16-6-8-17(24-2)9-7-16;/h6-9,23H,3-5,10-15H2,1-2H3,(H2,20,21,22);1H. The molecular weight excluding hydrogens is 445 g/mol. The lowest BCUT2D eigenvalue weighted by atomic mass is 9.80. The topological polar surface area (TPSA) is 75.1 Å². The number of hydrogen-bond acceptors (Lipinski definition) is 4. The van der Waals surface area contributed by atoms with Crippen molar-refractivity contribution in [3.05, 3.63) is 29.8 Å². The molecule has 0 heterocycles. The van der Waals surface area contributed by atoms with Crippen LogP contribution in [0.3, 0.4) is 0 Å². The summed E-state index contributed by atoms with van der Waals surface area (Å²) in [4.78, 5) is 4.63. The molecule has 3 N–H and O–H groups in total. The first-order valence-electron chi connectivity index (χ1n) is 9.10. The van der Waals surface area contributed by atoms with E-state index in [-0.39, 0.29) is 24.0 Å². The third-order valence-corrected chi connectivity index (χ3v) is 4.41. The van der Waals surface area contributed by atoms with Gasteiger partial charge in [0, 0.05) is 26.3 Å². The molecular formula is C19H32IN3O3. The smallest absolute Gasteiger partial charge is 0.191 e. The summed E-state index contributed by atoms with van der Waals surface area (Å²) in [5, 5.41) is 16.8. The summed E-state index contributed by atoms with van der Waals surface area (Å²) >= 11 is 0. The minimum absolute atomic E-state index is 0. The molecule has 7 heteroatoms. The summed E-state index contributed by atoms with van der Waals surface area (Å²) in [6.45, 7) is 5.36. The Hall–Kier alpha value is -1.06. The van der Waals surface area contributed by atoms with Crippen LogP contribution < -0.4 is 15.4 Å². The highest BCUT2D eigenvalue weighted by Gasteiger charge is 2.34. The molecule has 0 atom stereocenters. The van der Waals surface area contributed by atoms with E-state index in [1.54, 1.807) is 7.11 Å². The van der Waals surface area contributed by atoms with Crippen molar-refractivity contribution in [2.45, 2.75) is 44.8 Å². The molecule has 1 aliphatic rings. The van der Waals surface area contributed by atoms with Crippen molar-refractivity contribution in [2.24, 2.45) is 4.99 Å². The average Bonchev–Trinajstić information content (AvgIpc) is 2.62. The van der Waals surface area contributed by atoms with Gasteiger partial charge in [-0.05, 0) is 50.3 Å². The number of nitrogens with one attached hydrogen (secondary N) is 2. The zero-order valence-corrected chi connectivity index (χ0v) is 18.1. The maximum atomic E-state index is 10.3. The van der Waals surface area contributed by atoms with Crippen LogP contribution in [0.1, 0.15) is 38.2 Å². The number of methoxy groups -OCH3 is 1. The summed E-state index contributed by atoms with van der Waals surface area (Å²) in [5.41, 5.74) is 0.534. The molecule has 0 aromatic heterocycles. The van der Waals surface area contributed by atoms with Gasteiger partial charge in [0.05, 0.1) is 19.3 Å². The molecule has 26 heavy (non-hydrogen) atoms. The van der Waals surface area contributed by atoms with Crippen LogP contribution in [0.15, 0.2) is 29.3 Å². The summed E-state index contributed by atoms with van der Waals surface area (Å²) in [6, 6.07) is 7.89. The largest absolute Gasteiger partial charge is 0.497 e. The highest BCUT2D eigenvalue weighted by Crippen LogP contribution is 2.30. The molecule has 1 aromatic carbocycles. The van der Waals surface area contributed by atoms with Crippen molar-refractivity contribution in [1.82, 2.24) is 10.6 Å². The molecule has 0 radical (unpaired) electrons. The van der Waals surface area contributed by atoms with Crippen molar-refractivity contribution in [3.8, 4) is 5.75 Å². The van der Waals surface area contributed by atoms with Crippen LogP contribution in [-0.4, -0.2) is 50.1 Å². The number of ether oxygens (including phenoxy) is 2. The zero-order chi connectivity index (χ0) is 18.0. The number of nitrogens with zero attached hydrogens (tertiary/aromatic N) is 1. The second-order valence-corrected chi connectivity index (χ2v) is 6.42. The van der Waals surface area contributed by atoms with E-state index in [2.05, 4.69) is 15.6 Å². The molecule has 0 aliphatic heterocycles. The highest BCUT2D eigenvalue weighted by molar-refractivity contribution is 14.0. The van der Waals surface area contributed by atoms with Crippen LogP contribution in [0.5, 0.6) is 5.75 Å². The number of rotatable bonds is 10. The Balaban J connectivity index is 0.00000338. The summed E-state index contributed by atoms with van der Waals surface area (Å²) in [5.74, 6) is 1.57. The van der Waals surface area contributed by atoms with Crippen molar-refractivity contribution in [3.63, 3.8) is 0 Å². The van der Waals surface area contributed by atoms with E-state index in [0.717, 1.165) is 62.7 Å². The Bertz CT molecular complexity index is 533. The van der Waals surface area contributed by atoms with Crippen molar-refractivity contribution in [1.29, 1.82) is 0 Å². The predicted octanol–water partition coefficient (Wildman–Crippen LogP) is 2.69. The molecule has 0 bridgehead atoms. The van der Waals surface area contributed by atoms with Gasteiger partial charge in [0.25, 0.3) is 0 Å². The fourth-order valence-corrected chi connectivity index (χ4v) is 2.61. The van der Waals surface area contributed by atoms with Crippen LogP contribution in [0.4, 0.5) is 0 Å². The van der Waals surface area contributed by atoms with Crippen LogP contribution in [-0.2, 0) is 11.3 Å². The minimum atomic E-state index is -0.576. The Morgan fingerprint density at radius 2 is 1.96 bits per heavy atom. The van der Waals surface area contributed by atoms with Crippen LogP contribution >= 0.6 is 24.0 Å². The normalized spacial score (nSPS) is 15.6. The van der Waals surface area contributed by atoms with E-state index < -0.39 is 5.60 Å². The van der Waals surface area contributed by atoms with E-state index in [1.165, 1.54) is 0 Å². The Labute approximate surface area is 173 Å². The third-order valence-electron chi connectivity index (χ3n) is 4.41. The van der Waals surface area contributed by atoms with Gasteiger partial charge < -0.3 is 25.2 Å². The lowest BCUT2D eigenvalue weighted by Crippen LogP contribution is -2.50. The molecule has 1 aliphatic carbocycles. The van der Waals surface area contributed by atoms with Crippen LogP contribution in [0.25, 0.3) is 0 Å². The van der Waals surface area contributed by atoms with Crippen LogP contribution in [0, 0.1) is 0 Å². The lowest BCUT2D eigenvalue weighted by Gasteiger charge is -2.37. The molecule has 0 amide bonds. The molecule has 2 rings (SSSR count). The van der Waals surface area contributed by atoms with Gasteiger partial charge in [-0.3, -0.25) is 0 Å². The third kappa shape index (κ3) is 8.09. The average molecular weight is 477 g/mol. The predicted molar refractivity (Wildman–Crippen MR) is 115 cm³/mol. The van der Waals surface area contributed by atoms with E-state index >= 15 is 0 Å². The fraction of sp³-hybridized carbons (Fsp3) is 0.632. The Kier molecular flexibility index (Phi) is 10.9. The van der Waals surface area contributed by atoms with Crippen molar-refractivity contribution in [2.75, 3.05) is 33.4 Å². The lowest BCUT2D eigenvalue weighted by molar-refractivity contribution is -0.0279. The first-order valence-corrected chi connectivity index (χ1v) is 9.10. The van der Waals surface area contributed by atoms with Gasteiger partial charge in [0.2, 0.25) is 0 Å². The number of aliphatic hydroxyl groups is 1. The highest BCUT2D eigenvalue weighted by atomic mass is 127. The molecule has 1 aromatic rings. The minimum Gasteiger partial charge on any atom is -0.497 e. The van der Waals surface area contributed by atoms with Gasteiger partial charge >= 0.3 is 0 Å². The monoisotopic (exact) mass is 477 g/mol. The Morgan fingerprint density at radius 3 is 2.54 bits per heavy atom. The van der Waals surface area contributed by atoms with Gasteiger partial charge in [0.1, 0.15) is 5.75 Å². The van der Waals surface area contributed by atoms with Gasteiger partial charge in [-0.25, -0.2) is 4.99 Å². The van der Waals surface area contributed by atoms with Crippen molar-refractivity contribution >= 4 is 29.9 Å². The summed E-state index contributed by atoms with van der Waals surface area (Å²) < 4.78 is 10.5. The molecule has 1 fully saturated rings. The number of guanidine groups is 1. The van der Waals surface area contributed by atoms with Gasteiger partial charge in [0.15, 0.2) is 5.96 Å². The van der Waals surface area contributed by atoms with Gasteiger partial charge in [-0.1, -0.05) is 12.1 Å². The first kappa shape index (κ1) is 23.0. The molecule has 6 nitrogen and oxygen atoms in total. The maximum absolute atomic E-state index is 10.3. The number of hydrogen-bond donors (Lipinski definition) is 3. The Morgan fingerprint density at radius 1 is 1.23 bits per heavy atom. The SMILES string of the molecule is CCOCCCNC(=NCc1ccc(OC)cc1)NCC1(O)CCC1.I. The number of halogens is 1. The molecule has 0 saturated heterocycles. The second kappa shape index (κ2) is 12.3. The molecule has 148 valence electrons. The van der Waals surface area contributed by atoms with E-state index in [4.69, 9.17) is 9.47 Å². The molecule has 1 saturated carbocycles. The van der Waals surface area contributed by atoms with E-state index in [0.29, 0.717) is 13.1 Å². The number of aliphatic imine (C=N–C) groups is 1. The maximum Gasteiger partial charge on any atom is 0.191 e. The zero-order valence-electron chi connectivity index (χ0n) is 15.8. The van der Waals surface area contributed by atoms with Gasteiger partial charge in [-0.15, -0.1) is 24.0 Å². The number of benzene rings is 1. The molecule has 0 spiro atoms. The molecule has 0 unspecified atom stereocenters. The quantitative estimate of drug-likeness (QED) is 0.209. The second-order valence-electron chi connectivity index (χ2n) is 6.42.